The molecule has 1 saturated carbocycles. The van der Waals surface area contributed by atoms with Crippen LogP contribution in [0.5, 0.6) is 0 Å². The molecule has 1 N–H and O–H groups in total. The molecule has 7 heteroatoms. The third-order valence-corrected chi connectivity index (χ3v) is 5.56. The Morgan fingerprint density at radius 2 is 2.07 bits per heavy atom. The molecule has 0 aromatic heterocycles. The largest absolute Gasteiger partial charge is 0.455 e. The zero-order valence-corrected chi connectivity index (χ0v) is 16.2. The zero-order valence-electron chi connectivity index (χ0n) is 15.4. The minimum absolute atomic E-state index is 0.0166. The Morgan fingerprint density at radius 1 is 1.33 bits per heavy atom. The van der Waals surface area contributed by atoms with E-state index in [4.69, 9.17) is 16.3 Å². The summed E-state index contributed by atoms with van der Waals surface area (Å²) in [5.41, 5.74) is 0.871. The van der Waals surface area contributed by atoms with Crippen LogP contribution in [-0.2, 0) is 19.1 Å². The number of nitrogens with one attached hydrogen (secondary N) is 1. The van der Waals surface area contributed by atoms with Gasteiger partial charge in [0.1, 0.15) is 0 Å². The Labute approximate surface area is 164 Å². The number of esters is 1. The Bertz CT molecular complexity index is 718. The fourth-order valence-electron chi connectivity index (χ4n) is 3.86. The molecule has 1 aromatic carbocycles. The summed E-state index contributed by atoms with van der Waals surface area (Å²) < 4.78 is 5.15. The maximum atomic E-state index is 12.3. The molecule has 6 nitrogen and oxygen atoms in total. The van der Waals surface area contributed by atoms with Gasteiger partial charge >= 0.3 is 5.97 Å². The second-order valence-electron chi connectivity index (χ2n) is 7.34. The number of likely N-dealkylation sites (tertiary alicyclic amines) is 1. The Balaban J connectivity index is 1.44. The molecule has 0 radical (unpaired) electrons. The van der Waals surface area contributed by atoms with Gasteiger partial charge in [-0.25, -0.2) is 0 Å². The van der Waals surface area contributed by atoms with Crippen molar-refractivity contribution in [1.82, 2.24) is 10.2 Å². The number of halogens is 1. The van der Waals surface area contributed by atoms with Crippen LogP contribution in [0.3, 0.4) is 0 Å². The minimum Gasteiger partial charge on any atom is -0.455 e. The van der Waals surface area contributed by atoms with E-state index in [1.165, 1.54) is 0 Å². The van der Waals surface area contributed by atoms with E-state index < -0.39 is 11.9 Å². The number of carbonyl (C=O) groups excluding carboxylic acids is 3. The van der Waals surface area contributed by atoms with Crippen LogP contribution in [0.15, 0.2) is 24.3 Å². The van der Waals surface area contributed by atoms with Crippen molar-refractivity contribution in [3.63, 3.8) is 0 Å². The molecule has 2 amide bonds. The molecule has 0 unspecified atom stereocenters. The molecule has 2 atom stereocenters. The maximum Gasteiger partial charge on any atom is 0.311 e. The first-order valence-electron chi connectivity index (χ1n) is 9.45. The number of hydrogen-bond donors (Lipinski definition) is 1. The average molecular weight is 393 g/mol. The first-order chi connectivity index (χ1) is 12.9. The fraction of sp³-hybridized carbons (Fsp3) is 0.550. The number of carbonyl (C=O) groups is 3. The SMILES string of the molecule is C[C@@H](NC(=O)COC(=O)[C@@H]1CC(=O)N(C2CCCC2)C1)c1cccc(Cl)c1. The highest BCUT2D eigenvalue weighted by Gasteiger charge is 2.39. The van der Waals surface area contributed by atoms with Gasteiger partial charge in [-0.1, -0.05) is 36.6 Å². The van der Waals surface area contributed by atoms with Gasteiger partial charge in [0.15, 0.2) is 6.61 Å². The van der Waals surface area contributed by atoms with E-state index in [1.807, 2.05) is 24.0 Å². The summed E-state index contributed by atoms with van der Waals surface area (Å²) in [6.07, 6.45) is 4.47. The van der Waals surface area contributed by atoms with Gasteiger partial charge in [0.25, 0.3) is 5.91 Å². The quantitative estimate of drug-likeness (QED) is 0.755. The summed E-state index contributed by atoms with van der Waals surface area (Å²) in [7, 11) is 0. The summed E-state index contributed by atoms with van der Waals surface area (Å²) in [5.74, 6) is -1.32. The third-order valence-electron chi connectivity index (χ3n) is 5.33. The van der Waals surface area contributed by atoms with Crippen LogP contribution in [-0.4, -0.2) is 41.9 Å². The van der Waals surface area contributed by atoms with E-state index in [-0.39, 0.29) is 36.9 Å². The molecular formula is C20H25ClN2O4. The molecule has 1 saturated heterocycles. The van der Waals surface area contributed by atoms with Crippen LogP contribution >= 0.6 is 11.6 Å². The van der Waals surface area contributed by atoms with Crippen molar-refractivity contribution in [2.45, 2.75) is 51.1 Å². The van der Waals surface area contributed by atoms with Crippen LogP contribution < -0.4 is 5.32 Å². The van der Waals surface area contributed by atoms with Gasteiger partial charge in [-0.3, -0.25) is 14.4 Å². The number of ether oxygens (including phenoxy) is 1. The highest BCUT2D eigenvalue weighted by Crippen LogP contribution is 2.29. The molecule has 1 aliphatic heterocycles. The fourth-order valence-corrected chi connectivity index (χ4v) is 4.05. The lowest BCUT2D eigenvalue weighted by molar-refractivity contribution is -0.152. The lowest BCUT2D eigenvalue weighted by Gasteiger charge is -2.23. The van der Waals surface area contributed by atoms with Gasteiger partial charge in [-0.05, 0) is 37.5 Å². The number of amides is 2. The first kappa shape index (κ1) is 19.7. The van der Waals surface area contributed by atoms with E-state index in [2.05, 4.69) is 5.32 Å². The second kappa shape index (κ2) is 8.74. The second-order valence-corrected chi connectivity index (χ2v) is 7.77. The van der Waals surface area contributed by atoms with Gasteiger partial charge in [-0.2, -0.15) is 0 Å². The molecular weight excluding hydrogens is 368 g/mol. The van der Waals surface area contributed by atoms with Gasteiger partial charge < -0.3 is 15.0 Å². The maximum absolute atomic E-state index is 12.3. The Hall–Kier alpha value is -2.08. The summed E-state index contributed by atoms with van der Waals surface area (Å²) in [4.78, 5) is 38.3. The van der Waals surface area contributed by atoms with E-state index in [0.29, 0.717) is 11.6 Å². The van der Waals surface area contributed by atoms with E-state index in [0.717, 1.165) is 31.2 Å². The van der Waals surface area contributed by atoms with Crippen LogP contribution in [0, 0.1) is 5.92 Å². The van der Waals surface area contributed by atoms with Gasteiger partial charge in [0, 0.05) is 24.0 Å². The molecule has 27 heavy (non-hydrogen) atoms. The monoisotopic (exact) mass is 392 g/mol. The molecule has 1 heterocycles. The molecule has 0 spiro atoms. The first-order valence-corrected chi connectivity index (χ1v) is 9.82. The minimum atomic E-state index is -0.477. The predicted molar refractivity (Wildman–Crippen MR) is 101 cm³/mol. The van der Waals surface area contributed by atoms with Crippen molar-refractivity contribution >= 4 is 29.4 Å². The molecule has 0 bridgehead atoms. The smallest absolute Gasteiger partial charge is 0.311 e. The molecule has 1 aromatic rings. The number of hydrogen-bond acceptors (Lipinski definition) is 4. The van der Waals surface area contributed by atoms with Crippen molar-refractivity contribution in [3.8, 4) is 0 Å². The average Bonchev–Trinajstić information content (AvgIpc) is 3.29. The summed E-state index contributed by atoms with van der Waals surface area (Å²) in [5, 5.41) is 3.37. The lowest BCUT2D eigenvalue weighted by atomic mass is 10.1. The highest BCUT2D eigenvalue weighted by atomic mass is 35.5. The molecule has 2 fully saturated rings. The summed E-state index contributed by atoms with van der Waals surface area (Å²) in [6, 6.07) is 7.23. The Morgan fingerprint density at radius 3 is 2.78 bits per heavy atom. The van der Waals surface area contributed by atoms with Crippen LogP contribution in [0.4, 0.5) is 0 Å². The third kappa shape index (κ3) is 5.01. The highest BCUT2D eigenvalue weighted by molar-refractivity contribution is 6.30. The van der Waals surface area contributed by atoms with Crippen LogP contribution in [0.2, 0.25) is 5.02 Å². The van der Waals surface area contributed by atoms with E-state index >= 15 is 0 Å². The number of benzene rings is 1. The van der Waals surface area contributed by atoms with Crippen molar-refractivity contribution in [1.29, 1.82) is 0 Å². The standard InChI is InChI=1S/C20H25ClN2O4/c1-13(14-5-4-6-16(21)9-14)22-18(24)12-27-20(26)15-10-19(25)23(11-15)17-7-2-3-8-17/h4-6,9,13,15,17H,2-3,7-8,10-12H2,1H3,(H,22,24)/t13-,15-/m1/s1. The number of nitrogens with zero attached hydrogens (tertiary/aromatic N) is 1. The van der Waals surface area contributed by atoms with E-state index in [1.54, 1.807) is 12.1 Å². The summed E-state index contributed by atoms with van der Waals surface area (Å²) in [6.45, 7) is 1.89. The van der Waals surface area contributed by atoms with Crippen molar-refractivity contribution in [3.05, 3.63) is 34.9 Å². The summed E-state index contributed by atoms with van der Waals surface area (Å²) >= 11 is 5.96. The zero-order chi connectivity index (χ0) is 19.4. The predicted octanol–water partition coefficient (Wildman–Crippen LogP) is 2.85. The van der Waals surface area contributed by atoms with Crippen LogP contribution in [0.25, 0.3) is 0 Å². The van der Waals surface area contributed by atoms with Gasteiger partial charge in [0.05, 0.1) is 12.0 Å². The molecule has 3 rings (SSSR count). The van der Waals surface area contributed by atoms with Crippen LogP contribution in [0.1, 0.15) is 50.6 Å². The lowest BCUT2D eigenvalue weighted by Crippen LogP contribution is -2.35. The van der Waals surface area contributed by atoms with Crippen molar-refractivity contribution in [2.75, 3.05) is 13.2 Å². The van der Waals surface area contributed by atoms with Gasteiger partial charge in [0.2, 0.25) is 5.91 Å². The molecule has 146 valence electrons. The van der Waals surface area contributed by atoms with Crippen molar-refractivity contribution in [2.24, 2.45) is 5.92 Å². The topological polar surface area (TPSA) is 75.7 Å². The molecule has 1 aliphatic carbocycles. The Kier molecular flexibility index (Phi) is 6.37. The molecule has 2 aliphatic rings. The van der Waals surface area contributed by atoms with Crippen molar-refractivity contribution < 1.29 is 19.1 Å². The normalized spacial score (nSPS) is 21.3. The number of rotatable bonds is 6. The van der Waals surface area contributed by atoms with E-state index in [9.17, 15) is 14.4 Å². The van der Waals surface area contributed by atoms with Gasteiger partial charge in [-0.15, -0.1) is 0 Å².